The van der Waals surface area contributed by atoms with Crippen LogP contribution in [-0.4, -0.2) is 24.8 Å². The van der Waals surface area contributed by atoms with Gasteiger partial charge in [0, 0.05) is 30.5 Å². The first-order chi connectivity index (χ1) is 10.2. The average Bonchev–Trinajstić information content (AvgIpc) is 2.47. The maximum atomic E-state index is 14.0. The summed E-state index contributed by atoms with van der Waals surface area (Å²) in [5.41, 5.74) is 1.92. The van der Waals surface area contributed by atoms with Crippen LogP contribution >= 0.6 is 0 Å². The van der Waals surface area contributed by atoms with Crippen LogP contribution in [0.2, 0.25) is 0 Å². The molecular formula is C16H15F2NO2. The highest BCUT2D eigenvalue weighted by atomic mass is 19.1. The summed E-state index contributed by atoms with van der Waals surface area (Å²) < 4.78 is 37.9. The molecule has 0 bridgehead atoms. The number of fused-ring (bicyclic) bond motifs is 1. The van der Waals surface area contributed by atoms with Gasteiger partial charge in [-0.1, -0.05) is 0 Å². The number of methoxy groups -OCH3 is 1. The third-order valence-electron chi connectivity index (χ3n) is 3.58. The summed E-state index contributed by atoms with van der Waals surface area (Å²) in [5.74, 6) is -0.664. The van der Waals surface area contributed by atoms with E-state index in [0.29, 0.717) is 23.6 Å². The molecule has 1 aromatic carbocycles. The fourth-order valence-electron chi connectivity index (χ4n) is 2.60. The van der Waals surface area contributed by atoms with Gasteiger partial charge in [0.15, 0.2) is 0 Å². The highest BCUT2D eigenvalue weighted by Gasteiger charge is 2.24. The van der Waals surface area contributed by atoms with Crippen LogP contribution < -0.4 is 4.74 Å². The largest absolute Gasteiger partial charge is 0.472 e. The number of benzene rings is 1. The summed E-state index contributed by atoms with van der Waals surface area (Å²) in [6.45, 7) is 0.496. The van der Waals surface area contributed by atoms with E-state index < -0.39 is 11.6 Å². The van der Waals surface area contributed by atoms with E-state index in [-0.39, 0.29) is 6.10 Å². The SMILES string of the molecule is COC[C@H]1CCc2c(-c3ccc(F)cc3F)ccnc2O1. The molecule has 2 heterocycles. The van der Waals surface area contributed by atoms with Gasteiger partial charge < -0.3 is 9.47 Å². The van der Waals surface area contributed by atoms with E-state index in [9.17, 15) is 8.78 Å². The molecule has 0 saturated heterocycles. The van der Waals surface area contributed by atoms with Crippen molar-refractivity contribution in [3.05, 3.63) is 47.7 Å². The second-order valence-electron chi connectivity index (χ2n) is 5.00. The lowest BCUT2D eigenvalue weighted by molar-refractivity contribution is 0.0643. The van der Waals surface area contributed by atoms with Crippen molar-refractivity contribution < 1.29 is 18.3 Å². The molecule has 0 aliphatic carbocycles. The minimum absolute atomic E-state index is 0.0386. The standard InChI is InChI=1S/C16H15F2NO2/c1-20-9-11-3-5-14-12(6-7-19-16(14)21-11)13-4-2-10(17)8-15(13)18/h2,4,6-8,11H,3,5,9H2,1H3/t11-/m1/s1. The van der Waals surface area contributed by atoms with Crippen LogP contribution in [0.5, 0.6) is 5.88 Å². The second-order valence-corrected chi connectivity index (χ2v) is 5.00. The zero-order valence-electron chi connectivity index (χ0n) is 11.6. The van der Waals surface area contributed by atoms with Gasteiger partial charge in [-0.25, -0.2) is 13.8 Å². The molecule has 5 heteroatoms. The van der Waals surface area contributed by atoms with Crippen molar-refractivity contribution in [3.8, 4) is 17.0 Å². The van der Waals surface area contributed by atoms with Crippen LogP contribution in [0.1, 0.15) is 12.0 Å². The van der Waals surface area contributed by atoms with Crippen molar-refractivity contribution in [1.29, 1.82) is 0 Å². The minimum atomic E-state index is -0.587. The quantitative estimate of drug-likeness (QED) is 0.869. The number of aromatic nitrogens is 1. The van der Waals surface area contributed by atoms with Crippen LogP contribution in [0.3, 0.4) is 0 Å². The molecule has 0 amide bonds. The highest BCUT2D eigenvalue weighted by Crippen LogP contribution is 2.35. The highest BCUT2D eigenvalue weighted by molar-refractivity contribution is 5.69. The van der Waals surface area contributed by atoms with Crippen LogP contribution in [0.25, 0.3) is 11.1 Å². The Morgan fingerprint density at radius 3 is 2.90 bits per heavy atom. The predicted octanol–water partition coefficient (Wildman–Crippen LogP) is 3.37. The molecule has 1 aliphatic heterocycles. The van der Waals surface area contributed by atoms with Crippen molar-refractivity contribution in [3.63, 3.8) is 0 Å². The molecule has 0 saturated carbocycles. The number of halogens is 2. The number of hydrogen-bond donors (Lipinski definition) is 0. The Labute approximate surface area is 121 Å². The van der Waals surface area contributed by atoms with Gasteiger partial charge >= 0.3 is 0 Å². The van der Waals surface area contributed by atoms with Gasteiger partial charge in [-0.2, -0.15) is 0 Å². The molecule has 0 fully saturated rings. The number of hydrogen-bond acceptors (Lipinski definition) is 3. The van der Waals surface area contributed by atoms with Gasteiger partial charge in [0.1, 0.15) is 17.7 Å². The predicted molar refractivity (Wildman–Crippen MR) is 74.2 cm³/mol. The van der Waals surface area contributed by atoms with Crippen LogP contribution in [0.4, 0.5) is 8.78 Å². The zero-order chi connectivity index (χ0) is 14.8. The summed E-state index contributed by atoms with van der Waals surface area (Å²) in [6.07, 6.45) is 3.04. The molecule has 3 rings (SSSR count). The van der Waals surface area contributed by atoms with Gasteiger partial charge in [0.05, 0.1) is 6.61 Å². The van der Waals surface area contributed by atoms with E-state index in [4.69, 9.17) is 9.47 Å². The summed E-state index contributed by atoms with van der Waals surface area (Å²) >= 11 is 0. The fraction of sp³-hybridized carbons (Fsp3) is 0.312. The van der Waals surface area contributed by atoms with E-state index >= 15 is 0 Å². The van der Waals surface area contributed by atoms with Crippen LogP contribution in [0, 0.1) is 11.6 Å². The van der Waals surface area contributed by atoms with Crippen molar-refractivity contribution in [2.75, 3.05) is 13.7 Å². The Balaban J connectivity index is 2.00. The first kappa shape index (κ1) is 13.9. The van der Waals surface area contributed by atoms with Gasteiger partial charge in [-0.05, 0) is 36.6 Å². The van der Waals surface area contributed by atoms with Crippen molar-refractivity contribution >= 4 is 0 Å². The Kier molecular flexibility index (Phi) is 3.84. The van der Waals surface area contributed by atoms with Crippen molar-refractivity contribution in [2.45, 2.75) is 18.9 Å². The maximum Gasteiger partial charge on any atom is 0.217 e. The van der Waals surface area contributed by atoms with E-state index in [1.165, 1.54) is 12.1 Å². The normalized spacial score (nSPS) is 17.2. The average molecular weight is 291 g/mol. The number of rotatable bonds is 3. The van der Waals surface area contributed by atoms with E-state index in [0.717, 1.165) is 24.5 Å². The molecule has 2 aromatic rings. The van der Waals surface area contributed by atoms with Gasteiger partial charge in [-0.15, -0.1) is 0 Å². The monoisotopic (exact) mass is 291 g/mol. The minimum Gasteiger partial charge on any atom is -0.472 e. The lowest BCUT2D eigenvalue weighted by Crippen LogP contribution is -2.28. The van der Waals surface area contributed by atoms with Crippen molar-refractivity contribution in [2.24, 2.45) is 0 Å². The van der Waals surface area contributed by atoms with Gasteiger partial charge in [0.25, 0.3) is 0 Å². The molecule has 1 aromatic heterocycles. The topological polar surface area (TPSA) is 31.4 Å². The molecule has 110 valence electrons. The summed E-state index contributed by atoms with van der Waals surface area (Å²) in [5, 5.41) is 0. The first-order valence-electron chi connectivity index (χ1n) is 6.78. The van der Waals surface area contributed by atoms with Crippen LogP contribution in [-0.2, 0) is 11.2 Å². The van der Waals surface area contributed by atoms with Crippen molar-refractivity contribution in [1.82, 2.24) is 4.98 Å². The molecular weight excluding hydrogens is 276 g/mol. The molecule has 21 heavy (non-hydrogen) atoms. The van der Waals surface area contributed by atoms with E-state index in [1.54, 1.807) is 19.4 Å². The number of nitrogens with zero attached hydrogens (tertiary/aromatic N) is 1. The molecule has 0 radical (unpaired) electrons. The summed E-state index contributed by atoms with van der Waals surface area (Å²) in [4.78, 5) is 4.21. The van der Waals surface area contributed by atoms with Gasteiger partial charge in [-0.3, -0.25) is 0 Å². The molecule has 1 atom stereocenters. The number of pyridine rings is 1. The fourth-order valence-corrected chi connectivity index (χ4v) is 2.60. The van der Waals surface area contributed by atoms with Crippen LogP contribution in [0.15, 0.2) is 30.5 Å². The third kappa shape index (κ3) is 2.74. The Hall–Kier alpha value is -2.01. The molecule has 0 N–H and O–H groups in total. The molecule has 3 nitrogen and oxygen atoms in total. The lowest BCUT2D eigenvalue weighted by atomic mass is 9.95. The second kappa shape index (κ2) is 5.77. The van der Waals surface area contributed by atoms with E-state index in [1.807, 2.05) is 0 Å². The maximum absolute atomic E-state index is 14.0. The Morgan fingerprint density at radius 2 is 2.14 bits per heavy atom. The zero-order valence-corrected chi connectivity index (χ0v) is 11.6. The smallest absolute Gasteiger partial charge is 0.217 e. The molecule has 0 spiro atoms. The summed E-state index contributed by atoms with van der Waals surface area (Å²) in [6, 6.07) is 5.32. The summed E-state index contributed by atoms with van der Waals surface area (Å²) in [7, 11) is 1.62. The first-order valence-corrected chi connectivity index (χ1v) is 6.78. The van der Waals surface area contributed by atoms with Gasteiger partial charge in [0.2, 0.25) is 5.88 Å². The Bertz CT molecular complexity index is 661. The number of ether oxygens (including phenoxy) is 2. The molecule has 0 unspecified atom stereocenters. The Morgan fingerprint density at radius 1 is 1.29 bits per heavy atom. The third-order valence-corrected chi connectivity index (χ3v) is 3.58. The molecule has 1 aliphatic rings. The van der Waals surface area contributed by atoms with E-state index in [2.05, 4.69) is 4.98 Å². The lowest BCUT2D eigenvalue weighted by Gasteiger charge is -2.26.